The second-order valence-electron chi connectivity index (χ2n) is 4.98. The van der Waals surface area contributed by atoms with Crippen LogP contribution in [0.25, 0.3) is 0 Å². The third kappa shape index (κ3) is 3.08. The second-order valence-corrected chi connectivity index (χ2v) is 4.98. The molecule has 0 bridgehead atoms. The van der Waals surface area contributed by atoms with Gasteiger partial charge in [-0.25, -0.2) is 0 Å². The molecule has 0 aliphatic rings. The Bertz CT molecular complexity index is 544. The Balaban J connectivity index is 2.24. The van der Waals surface area contributed by atoms with Crippen LogP contribution < -0.4 is 10.6 Å². The second kappa shape index (κ2) is 5.79. The molecule has 0 fully saturated rings. The van der Waals surface area contributed by atoms with Crippen LogP contribution in [0.4, 0.5) is 11.4 Å². The van der Waals surface area contributed by atoms with Crippen LogP contribution in [0.2, 0.25) is 0 Å². The van der Waals surface area contributed by atoms with E-state index in [0.29, 0.717) is 0 Å². The number of nitrogens with zero attached hydrogens (tertiary/aromatic N) is 1. The fourth-order valence-corrected chi connectivity index (χ4v) is 2.22. The van der Waals surface area contributed by atoms with Crippen molar-refractivity contribution in [3.63, 3.8) is 0 Å². The van der Waals surface area contributed by atoms with Gasteiger partial charge in [0.2, 0.25) is 0 Å². The standard InChI is InChI=1S/C17H22N2/c1-4-19(16-10-8-13(2)9-11-16)12-15-6-5-7-17(18)14(15)3/h5-11H,4,12,18H2,1-3H3. The summed E-state index contributed by atoms with van der Waals surface area (Å²) in [5, 5.41) is 0. The average Bonchev–Trinajstić information content (AvgIpc) is 2.42. The highest BCUT2D eigenvalue weighted by Gasteiger charge is 2.08. The maximum Gasteiger partial charge on any atom is 0.0432 e. The molecular formula is C17H22N2. The smallest absolute Gasteiger partial charge is 0.0432 e. The summed E-state index contributed by atoms with van der Waals surface area (Å²) in [5.74, 6) is 0. The van der Waals surface area contributed by atoms with Crippen LogP contribution in [-0.4, -0.2) is 6.54 Å². The van der Waals surface area contributed by atoms with Crippen LogP contribution in [0.5, 0.6) is 0 Å². The highest BCUT2D eigenvalue weighted by molar-refractivity contribution is 5.53. The first-order valence-electron chi connectivity index (χ1n) is 6.77. The van der Waals surface area contributed by atoms with E-state index in [9.17, 15) is 0 Å². The third-order valence-electron chi connectivity index (χ3n) is 3.63. The molecule has 0 aliphatic carbocycles. The highest BCUT2D eigenvalue weighted by Crippen LogP contribution is 2.21. The molecule has 0 aromatic heterocycles. The topological polar surface area (TPSA) is 29.3 Å². The first kappa shape index (κ1) is 13.5. The van der Waals surface area contributed by atoms with E-state index in [1.165, 1.54) is 22.4 Å². The van der Waals surface area contributed by atoms with Gasteiger partial charge >= 0.3 is 0 Å². The number of nitrogens with two attached hydrogens (primary N) is 1. The maximum absolute atomic E-state index is 5.98. The van der Waals surface area contributed by atoms with E-state index in [1.807, 2.05) is 12.1 Å². The number of rotatable bonds is 4. The van der Waals surface area contributed by atoms with Crippen molar-refractivity contribution in [3.05, 3.63) is 59.2 Å². The Hall–Kier alpha value is -1.96. The van der Waals surface area contributed by atoms with Gasteiger partial charge in [-0.1, -0.05) is 29.8 Å². The first-order valence-corrected chi connectivity index (χ1v) is 6.77. The summed E-state index contributed by atoms with van der Waals surface area (Å²) in [7, 11) is 0. The molecule has 2 rings (SSSR count). The van der Waals surface area contributed by atoms with Crippen molar-refractivity contribution in [3.8, 4) is 0 Å². The van der Waals surface area contributed by atoms with Gasteiger partial charge < -0.3 is 10.6 Å². The van der Waals surface area contributed by atoms with Gasteiger partial charge in [-0.2, -0.15) is 0 Å². The van der Waals surface area contributed by atoms with Crippen molar-refractivity contribution >= 4 is 11.4 Å². The van der Waals surface area contributed by atoms with Gasteiger partial charge in [0.1, 0.15) is 0 Å². The molecule has 2 N–H and O–H groups in total. The fraction of sp³-hybridized carbons (Fsp3) is 0.294. The molecule has 2 heteroatoms. The Morgan fingerprint density at radius 1 is 1.00 bits per heavy atom. The number of nitrogen functional groups attached to an aromatic ring is 1. The highest BCUT2D eigenvalue weighted by atomic mass is 15.1. The van der Waals surface area contributed by atoms with Gasteiger partial charge in [-0.05, 0) is 50.1 Å². The molecular weight excluding hydrogens is 232 g/mol. The van der Waals surface area contributed by atoms with Crippen molar-refractivity contribution in [2.45, 2.75) is 27.3 Å². The van der Waals surface area contributed by atoms with E-state index >= 15 is 0 Å². The monoisotopic (exact) mass is 254 g/mol. The van der Waals surface area contributed by atoms with Gasteiger partial charge in [0.05, 0.1) is 0 Å². The summed E-state index contributed by atoms with van der Waals surface area (Å²) in [4.78, 5) is 2.36. The van der Waals surface area contributed by atoms with E-state index in [2.05, 4.69) is 56.0 Å². The molecule has 2 nitrogen and oxygen atoms in total. The molecule has 0 radical (unpaired) electrons. The lowest BCUT2D eigenvalue weighted by Gasteiger charge is -2.24. The van der Waals surface area contributed by atoms with E-state index in [0.717, 1.165) is 18.8 Å². The Kier molecular flexibility index (Phi) is 4.10. The van der Waals surface area contributed by atoms with Crippen molar-refractivity contribution in [2.24, 2.45) is 0 Å². The lowest BCUT2D eigenvalue weighted by atomic mass is 10.1. The minimum atomic E-state index is 0.873. The van der Waals surface area contributed by atoms with Crippen molar-refractivity contribution in [1.82, 2.24) is 0 Å². The van der Waals surface area contributed by atoms with E-state index < -0.39 is 0 Å². The van der Waals surface area contributed by atoms with Gasteiger partial charge in [0.15, 0.2) is 0 Å². The van der Waals surface area contributed by atoms with Crippen LogP contribution in [0.15, 0.2) is 42.5 Å². The zero-order valence-electron chi connectivity index (χ0n) is 12.0. The number of aryl methyl sites for hydroxylation is 1. The molecule has 0 aliphatic heterocycles. The molecule has 2 aromatic rings. The van der Waals surface area contributed by atoms with Gasteiger partial charge in [0, 0.05) is 24.5 Å². The SMILES string of the molecule is CCN(Cc1cccc(N)c1C)c1ccc(C)cc1. The number of hydrogen-bond donors (Lipinski definition) is 1. The first-order chi connectivity index (χ1) is 9.11. The van der Waals surface area contributed by atoms with Crippen LogP contribution in [0.1, 0.15) is 23.6 Å². The van der Waals surface area contributed by atoms with Gasteiger partial charge in [0.25, 0.3) is 0 Å². The molecule has 2 aromatic carbocycles. The number of anilines is 2. The normalized spacial score (nSPS) is 10.5. The summed E-state index contributed by atoms with van der Waals surface area (Å²) in [6.07, 6.45) is 0. The van der Waals surface area contributed by atoms with Crippen LogP contribution in [0.3, 0.4) is 0 Å². The maximum atomic E-state index is 5.98. The zero-order valence-corrected chi connectivity index (χ0v) is 12.0. The Labute approximate surface area is 115 Å². The third-order valence-corrected chi connectivity index (χ3v) is 3.63. The molecule has 0 amide bonds. The lowest BCUT2D eigenvalue weighted by molar-refractivity contribution is 0.827. The lowest BCUT2D eigenvalue weighted by Crippen LogP contribution is -2.22. The molecule has 0 heterocycles. The van der Waals surface area contributed by atoms with Gasteiger partial charge in [-0.3, -0.25) is 0 Å². The van der Waals surface area contributed by atoms with E-state index in [-0.39, 0.29) is 0 Å². The van der Waals surface area contributed by atoms with E-state index in [1.54, 1.807) is 0 Å². The summed E-state index contributed by atoms with van der Waals surface area (Å²) < 4.78 is 0. The molecule has 100 valence electrons. The quantitative estimate of drug-likeness (QED) is 0.838. The molecule has 0 unspecified atom stereocenters. The molecule has 19 heavy (non-hydrogen) atoms. The van der Waals surface area contributed by atoms with Crippen molar-refractivity contribution < 1.29 is 0 Å². The molecule has 0 atom stereocenters. The van der Waals surface area contributed by atoms with Crippen molar-refractivity contribution in [1.29, 1.82) is 0 Å². The molecule has 0 saturated heterocycles. The largest absolute Gasteiger partial charge is 0.399 e. The van der Waals surface area contributed by atoms with Gasteiger partial charge in [-0.15, -0.1) is 0 Å². The van der Waals surface area contributed by atoms with Crippen LogP contribution in [-0.2, 0) is 6.54 Å². The Morgan fingerprint density at radius 3 is 2.32 bits per heavy atom. The molecule has 0 spiro atoms. The summed E-state index contributed by atoms with van der Waals surface area (Å²) in [6.45, 7) is 8.27. The fourth-order valence-electron chi connectivity index (χ4n) is 2.22. The number of benzene rings is 2. The number of hydrogen-bond acceptors (Lipinski definition) is 2. The minimum Gasteiger partial charge on any atom is -0.399 e. The molecule has 0 saturated carbocycles. The Morgan fingerprint density at radius 2 is 1.68 bits per heavy atom. The minimum absolute atomic E-state index is 0.873. The predicted octanol–water partition coefficient (Wildman–Crippen LogP) is 3.91. The summed E-state index contributed by atoms with van der Waals surface area (Å²) in [6, 6.07) is 14.8. The van der Waals surface area contributed by atoms with Crippen LogP contribution >= 0.6 is 0 Å². The summed E-state index contributed by atoms with van der Waals surface area (Å²) in [5.41, 5.74) is 11.9. The zero-order chi connectivity index (χ0) is 13.8. The van der Waals surface area contributed by atoms with E-state index in [4.69, 9.17) is 5.73 Å². The predicted molar refractivity (Wildman–Crippen MR) is 83.5 cm³/mol. The summed E-state index contributed by atoms with van der Waals surface area (Å²) >= 11 is 0. The van der Waals surface area contributed by atoms with Crippen LogP contribution in [0, 0.1) is 13.8 Å². The average molecular weight is 254 g/mol. The van der Waals surface area contributed by atoms with Crippen molar-refractivity contribution in [2.75, 3.05) is 17.2 Å².